The fourth-order valence-electron chi connectivity index (χ4n) is 2.75. The second-order valence-corrected chi connectivity index (χ2v) is 6.29. The van der Waals surface area contributed by atoms with Crippen LogP contribution in [0.5, 0.6) is 5.75 Å². The van der Waals surface area contributed by atoms with Gasteiger partial charge in [-0.15, -0.1) is 0 Å². The van der Waals surface area contributed by atoms with Gasteiger partial charge < -0.3 is 14.7 Å². The van der Waals surface area contributed by atoms with Crippen LogP contribution in [-0.2, 0) is 4.74 Å². The van der Waals surface area contributed by atoms with Gasteiger partial charge >= 0.3 is 0 Å². The summed E-state index contributed by atoms with van der Waals surface area (Å²) >= 11 is 0. The maximum atomic E-state index is 9.37. The molecule has 0 saturated carbocycles. The van der Waals surface area contributed by atoms with Crippen molar-refractivity contribution in [2.45, 2.75) is 58.3 Å². The maximum Gasteiger partial charge on any atom is 0.153 e. The Labute approximate surface area is 145 Å². The number of anilines is 1. The van der Waals surface area contributed by atoms with Gasteiger partial charge in [0, 0.05) is 11.9 Å². The molecular weight excluding hydrogens is 300 g/mol. The number of aromatic hydroxyl groups is 1. The number of aliphatic imine (C=N–C) groups is 1. The van der Waals surface area contributed by atoms with E-state index in [1.165, 1.54) is 44.9 Å². The molecule has 0 spiro atoms. The minimum absolute atomic E-state index is 0.273. The first-order valence-electron chi connectivity index (χ1n) is 9.19. The lowest BCUT2D eigenvalue weighted by Gasteiger charge is -2.22. The summed E-state index contributed by atoms with van der Waals surface area (Å²) < 4.78 is 5.82. The molecule has 0 aliphatic carbocycles. The largest absolute Gasteiger partial charge is 0.508 e. The fourth-order valence-corrected chi connectivity index (χ4v) is 2.75. The van der Waals surface area contributed by atoms with Crippen LogP contribution in [0, 0.1) is 0 Å². The van der Waals surface area contributed by atoms with E-state index in [-0.39, 0.29) is 5.75 Å². The topological polar surface area (TPSA) is 45.1 Å². The first-order chi connectivity index (χ1) is 11.8. The van der Waals surface area contributed by atoms with Crippen LogP contribution in [0.25, 0.3) is 0 Å². The zero-order valence-electron chi connectivity index (χ0n) is 14.8. The van der Waals surface area contributed by atoms with Crippen molar-refractivity contribution in [3.63, 3.8) is 0 Å². The Balaban J connectivity index is 1.63. The molecule has 0 amide bonds. The molecule has 0 bridgehead atoms. The van der Waals surface area contributed by atoms with Crippen LogP contribution < -0.4 is 4.90 Å². The fraction of sp³-hybridized carbons (Fsp3) is 0.550. The Morgan fingerprint density at radius 1 is 1.00 bits per heavy atom. The first-order valence-corrected chi connectivity index (χ1v) is 9.19. The number of unbranched alkanes of at least 4 members (excludes halogenated alkanes) is 7. The van der Waals surface area contributed by atoms with Crippen LogP contribution in [0.4, 0.5) is 5.69 Å². The van der Waals surface area contributed by atoms with E-state index in [2.05, 4.69) is 11.9 Å². The average molecular weight is 330 g/mol. The molecule has 0 saturated heterocycles. The molecule has 1 aromatic rings. The Morgan fingerprint density at radius 2 is 1.67 bits per heavy atom. The van der Waals surface area contributed by atoms with Gasteiger partial charge in [-0.2, -0.15) is 0 Å². The smallest absolute Gasteiger partial charge is 0.153 e. The van der Waals surface area contributed by atoms with Crippen LogP contribution in [0.15, 0.2) is 41.2 Å². The number of hydrogen-bond acceptors (Lipinski definition) is 4. The number of ether oxygens (including phenoxy) is 1. The van der Waals surface area contributed by atoms with E-state index in [9.17, 15) is 5.11 Å². The van der Waals surface area contributed by atoms with Gasteiger partial charge in [0.2, 0.25) is 0 Å². The summed E-state index contributed by atoms with van der Waals surface area (Å²) in [5.41, 5.74) is 0.998. The number of phenolic OH excluding ortho intramolecular Hbond substituents is 1. The molecule has 2 rings (SSSR count). The molecule has 1 aromatic carbocycles. The second-order valence-electron chi connectivity index (χ2n) is 6.29. The Hall–Kier alpha value is -1.97. The van der Waals surface area contributed by atoms with Gasteiger partial charge in [-0.25, -0.2) is 0 Å². The van der Waals surface area contributed by atoms with Gasteiger partial charge in [-0.05, 0) is 30.7 Å². The van der Waals surface area contributed by atoms with Crippen LogP contribution in [-0.4, -0.2) is 24.6 Å². The van der Waals surface area contributed by atoms with Gasteiger partial charge in [-0.1, -0.05) is 51.9 Å². The normalized spacial score (nSPS) is 13.9. The van der Waals surface area contributed by atoms with E-state index in [1.54, 1.807) is 18.3 Å². The molecule has 1 aliphatic heterocycles. The molecule has 0 atom stereocenters. The SMILES string of the molecule is CCCCCCCCCCOC1=CN(c2ccc(O)cc2)CN=C1. The average Bonchev–Trinajstić information content (AvgIpc) is 2.61. The van der Waals surface area contributed by atoms with E-state index < -0.39 is 0 Å². The summed E-state index contributed by atoms with van der Waals surface area (Å²) in [6, 6.07) is 7.12. The van der Waals surface area contributed by atoms with Crippen molar-refractivity contribution in [3.8, 4) is 5.75 Å². The van der Waals surface area contributed by atoms with Gasteiger partial charge in [0.25, 0.3) is 0 Å². The standard InChI is InChI=1S/C20H30N2O2/c1-2-3-4-5-6-7-8-9-14-24-20-15-21-17-22(16-20)18-10-12-19(23)13-11-18/h10-13,15-16,23H,2-9,14,17H2,1H3. The van der Waals surface area contributed by atoms with Crippen LogP contribution >= 0.6 is 0 Å². The lowest BCUT2D eigenvalue weighted by molar-refractivity contribution is 0.222. The third-order valence-electron chi connectivity index (χ3n) is 4.18. The highest BCUT2D eigenvalue weighted by molar-refractivity contribution is 5.78. The molecule has 1 N–H and O–H groups in total. The number of phenols is 1. The first kappa shape index (κ1) is 18.4. The predicted octanol–water partition coefficient (Wildman–Crippen LogP) is 5.24. The highest BCUT2D eigenvalue weighted by Gasteiger charge is 2.09. The van der Waals surface area contributed by atoms with Gasteiger partial charge in [0.1, 0.15) is 12.4 Å². The molecule has 24 heavy (non-hydrogen) atoms. The lowest BCUT2D eigenvalue weighted by Crippen LogP contribution is -2.21. The highest BCUT2D eigenvalue weighted by Crippen LogP contribution is 2.21. The van der Waals surface area contributed by atoms with Crippen LogP contribution in [0.2, 0.25) is 0 Å². The third kappa shape index (κ3) is 6.65. The minimum atomic E-state index is 0.273. The Bertz CT molecular complexity index is 523. The number of allylic oxidation sites excluding steroid dienone is 1. The Morgan fingerprint density at radius 3 is 2.38 bits per heavy atom. The van der Waals surface area contributed by atoms with Gasteiger partial charge in [0.15, 0.2) is 5.76 Å². The molecule has 1 aliphatic rings. The van der Waals surface area contributed by atoms with Crippen molar-refractivity contribution in [1.29, 1.82) is 0 Å². The van der Waals surface area contributed by atoms with Crippen molar-refractivity contribution in [2.24, 2.45) is 4.99 Å². The number of nitrogens with zero attached hydrogens (tertiary/aromatic N) is 2. The maximum absolute atomic E-state index is 9.37. The summed E-state index contributed by atoms with van der Waals surface area (Å²) in [6.45, 7) is 3.58. The summed E-state index contributed by atoms with van der Waals surface area (Å²) in [5, 5.41) is 9.37. The molecule has 1 heterocycles. The molecule has 132 valence electrons. The summed E-state index contributed by atoms with van der Waals surface area (Å²) in [4.78, 5) is 6.36. The summed E-state index contributed by atoms with van der Waals surface area (Å²) in [7, 11) is 0. The van der Waals surface area contributed by atoms with E-state index in [1.807, 2.05) is 23.2 Å². The predicted molar refractivity (Wildman–Crippen MR) is 101 cm³/mol. The number of rotatable bonds is 11. The van der Waals surface area contributed by atoms with Crippen molar-refractivity contribution in [1.82, 2.24) is 0 Å². The highest BCUT2D eigenvalue weighted by atomic mass is 16.5. The molecule has 0 aromatic heterocycles. The minimum Gasteiger partial charge on any atom is -0.508 e. The summed E-state index contributed by atoms with van der Waals surface area (Å²) in [6.07, 6.45) is 14.2. The molecule has 4 nitrogen and oxygen atoms in total. The third-order valence-corrected chi connectivity index (χ3v) is 4.18. The molecule has 0 fully saturated rings. The van der Waals surface area contributed by atoms with E-state index >= 15 is 0 Å². The van der Waals surface area contributed by atoms with Gasteiger partial charge in [-0.3, -0.25) is 4.99 Å². The zero-order chi connectivity index (χ0) is 17.0. The molecule has 4 heteroatoms. The second kappa shape index (κ2) is 10.7. The van der Waals surface area contributed by atoms with Crippen molar-refractivity contribution in [3.05, 3.63) is 36.2 Å². The summed E-state index contributed by atoms with van der Waals surface area (Å²) in [5.74, 6) is 1.08. The monoisotopic (exact) mass is 330 g/mol. The van der Waals surface area contributed by atoms with E-state index in [0.29, 0.717) is 6.67 Å². The van der Waals surface area contributed by atoms with Crippen LogP contribution in [0.3, 0.4) is 0 Å². The van der Waals surface area contributed by atoms with Crippen molar-refractivity contribution >= 4 is 11.9 Å². The number of hydrogen-bond donors (Lipinski definition) is 1. The number of benzene rings is 1. The van der Waals surface area contributed by atoms with Crippen LogP contribution in [0.1, 0.15) is 58.3 Å². The van der Waals surface area contributed by atoms with Crippen molar-refractivity contribution in [2.75, 3.05) is 18.2 Å². The van der Waals surface area contributed by atoms with Crippen molar-refractivity contribution < 1.29 is 9.84 Å². The zero-order valence-corrected chi connectivity index (χ0v) is 14.8. The Kier molecular flexibility index (Phi) is 8.22. The van der Waals surface area contributed by atoms with Gasteiger partial charge in [0.05, 0.1) is 12.8 Å². The molecular formula is C20H30N2O2. The molecule has 0 unspecified atom stereocenters. The van der Waals surface area contributed by atoms with E-state index in [0.717, 1.165) is 24.5 Å². The van der Waals surface area contributed by atoms with E-state index in [4.69, 9.17) is 4.74 Å². The lowest BCUT2D eigenvalue weighted by atomic mass is 10.1. The molecule has 0 radical (unpaired) electrons. The quantitative estimate of drug-likeness (QED) is 0.564.